The van der Waals surface area contributed by atoms with E-state index < -0.39 is 0 Å². The van der Waals surface area contributed by atoms with Gasteiger partial charge in [-0.2, -0.15) is 0 Å². The summed E-state index contributed by atoms with van der Waals surface area (Å²) >= 11 is 9.03. The highest BCUT2D eigenvalue weighted by atomic mass is 35.5. The van der Waals surface area contributed by atoms with E-state index in [1.165, 1.54) is 0 Å². The fraction of sp³-hybridized carbons (Fsp3) is 0.158. The van der Waals surface area contributed by atoms with Gasteiger partial charge in [0.15, 0.2) is 5.16 Å². The molecule has 0 saturated carbocycles. The SMILES string of the molecule is Cn1ccnc1Sc1ccc(NC(=O)CSCc2ccc(Cl)cc2)cc1. The maximum atomic E-state index is 12.1. The number of aryl methyl sites for hydroxylation is 1. The second-order valence-electron chi connectivity index (χ2n) is 5.61. The number of hydrogen-bond acceptors (Lipinski definition) is 4. The maximum Gasteiger partial charge on any atom is 0.234 e. The molecule has 134 valence electrons. The normalized spacial score (nSPS) is 10.7. The van der Waals surface area contributed by atoms with Crippen LogP contribution in [0.2, 0.25) is 5.02 Å². The van der Waals surface area contributed by atoms with Crippen LogP contribution in [-0.4, -0.2) is 21.2 Å². The number of anilines is 1. The third-order valence-electron chi connectivity index (χ3n) is 3.54. The summed E-state index contributed by atoms with van der Waals surface area (Å²) in [6, 6.07) is 15.5. The van der Waals surface area contributed by atoms with Crippen LogP contribution in [0.4, 0.5) is 5.69 Å². The number of thioether (sulfide) groups is 1. The molecule has 1 N–H and O–H groups in total. The van der Waals surface area contributed by atoms with Crippen LogP contribution in [0.3, 0.4) is 0 Å². The Kier molecular flexibility index (Phi) is 6.66. The fourth-order valence-electron chi connectivity index (χ4n) is 2.20. The molecule has 7 heteroatoms. The lowest BCUT2D eigenvalue weighted by molar-refractivity contribution is -0.113. The van der Waals surface area contributed by atoms with E-state index in [2.05, 4.69) is 10.3 Å². The van der Waals surface area contributed by atoms with Crippen molar-refractivity contribution < 1.29 is 4.79 Å². The molecule has 4 nitrogen and oxygen atoms in total. The third kappa shape index (κ3) is 5.56. The van der Waals surface area contributed by atoms with E-state index in [9.17, 15) is 4.79 Å². The minimum atomic E-state index is -0.00605. The highest BCUT2D eigenvalue weighted by molar-refractivity contribution is 7.99. The van der Waals surface area contributed by atoms with Crippen molar-refractivity contribution in [2.24, 2.45) is 7.05 Å². The molecule has 26 heavy (non-hydrogen) atoms. The Balaban J connectivity index is 1.45. The van der Waals surface area contributed by atoms with Crippen LogP contribution in [0.25, 0.3) is 0 Å². The second kappa shape index (κ2) is 9.16. The highest BCUT2D eigenvalue weighted by Gasteiger charge is 2.05. The predicted octanol–water partition coefficient (Wildman–Crippen LogP) is 5.10. The molecule has 0 unspecified atom stereocenters. The molecule has 0 atom stereocenters. The Hall–Kier alpha value is -1.89. The van der Waals surface area contributed by atoms with Crippen molar-refractivity contribution in [1.29, 1.82) is 0 Å². The number of nitrogens with one attached hydrogen (secondary N) is 1. The van der Waals surface area contributed by atoms with Gasteiger partial charge in [0.2, 0.25) is 5.91 Å². The smallest absolute Gasteiger partial charge is 0.234 e. The molecular formula is C19H18ClN3OS2. The summed E-state index contributed by atoms with van der Waals surface area (Å²) in [6.07, 6.45) is 3.69. The first-order valence-electron chi connectivity index (χ1n) is 7.97. The molecule has 1 heterocycles. The van der Waals surface area contributed by atoms with Crippen molar-refractivity contribution in [3.8, 4) is 0 Å². The van der Waals surface area contributed by atoms with E-state index in [1.54, 1.807) is 29.7 Å². The summed E-state index contributed by atoms with van der Waals surface area (Å²) < 4.78 is 1.97. The minimum absolute atomic E-state index is 0.00605. The average molecular weight is 404 g/mol. The number of aromatic nitrogens is 2. The van der Waals surface area contributed by atoms with Gasteiger partial charge >= 0.3 is 0 Å². The zero-order valence-electron chi connectivity index (χ0n) is 14.2. The second-order valence-corrected chi connectivity index (χ2v) is 8.08. The Labute approximate surface area is 166 Å². The van der Waals surface area contributed by atoms with E-state index in [1.807, 2.05) is 66.3 Å². The number of benzene rings is 2. The molecule has 0 aliphatic carbocycles. The molecule has 0 bridgehead atoms. The molecule has 3 rings (SSSR count). The van der Waals surface area contributed by atoms with E-state index in [0.717, 1.165) is 32.1 Å². The van der Waals surface area contributed by atoms with E-state index in [-0.39, 0.29) is 5.91 Å². The van der Waals surface area contributed by atoms with Crippen molar-refractivity contribution in [2.45, 2.75) is 15.8 Å². The lowest BCUT2D eigenvalue weighted by atomic mass is 10.2. The summed E-state index contributed by atoms with van der Waals surface area (Å²) in [6.45, 7) is 0. The summed E-state index contributed by atoms with van der Waals surface area (Å²) in [5.41, 5.74) is 1.95. The van der Waals surface area contributed by atoms with Crippen molar-refractivity contribution in [3.63, 3.8) is 0 Å². The van der Waals surface area contributed by atoms with Crippen LogP contribution >= 0.6 is 35.1 Å². The molecule has 0 radical (unpaired) electrons. The Morgan fingerprint density at radius 1 is 1.15 bits per heavy atom. The topological polar surface area (TPSA) is 46.9 Å². The number of amides is 1. The number of hydrogen-bond donors (Lipinski definition) is 1. The minimum Gasteiger partial charge on any atom is -0.329 e. The highest BCUT2D eigenvalue weighted by Crippen LogP contribution is 2.26. The van der Waals surface area contributed by atoms with Gasteiger partial charge in [0.05, 0.1) is 5.75 Å². The van der Waals surface area contributed by atoms with Crippen LogP contribution in [0.5, 0.6) is 0 Å². The summed E-state index contributed by atoms with van der Waals surface area (Å²) in [5.74, 6) is 1.18. The number of imidazole rings is 1. The first kappa shape index (κ1) is 18.9. The third-order valence-corrected chi connectivity index (χ3v) is 5.88. The number of halogens is 1. The average Bonchev–Trinajstić information content (AvgIpc) is 3.03. The summed E-state index contributed by atoms with van der Waals surface area (Å²) in [5, 5.41) is 4.58. The van der Waals surface area contributed by atoms with E-state index in [4.69, 9.17) is 11.6 Å². The van der Waals surface area contributed by atoms with Crippen molar-refractivity contribution in [2.75, 3.05) is 11.1 Å². The van der Waals surface area contributed by atoms with Crippen LogP contribution in [0.1, 0.15) is 5.56 Å². The Morgan fingerprint density at radius 2 is 1.88 bits per heavy atom. The van der Waals surface area contributed by atoms with Gasteiger partial charge in [-0.1, -0.05) is 35.5 Å². The molecule has 0 fully saturated rings. The van der Waals surface area contributed by atoms with Crippen LogP contribution in [0.15, 0.2) is 71.0 Å². The molecule has 2 aromatic carbocycles. The van der Waals surface area contributed by atoms with Crippen LogP contribution in [-0.2, 0) is 17.6 Å². The molecule has 0 saturated heterocycles. The van der Waals surface area contributed by atoms with Gasteiger partial charge in [0.25, 0.3) is 0 Å². The van der Waals surface area contributed by atoms with Gasteiger partial charge in [-0.25, -0.2) is 4.98 Å². The number of carbonyl (C=O) groups excluding carboxylic acids is 1. The Bertz CT molecular complexity index is 863. The van der Waals surface area contributed by atoms with Gasteiger partial charge in [-0.3, -0.25) is 4.79 Å². The predicted molar refractivity (Wildman–Crippen MR) is 110 cm³/mol. The van der Waals surface area contributed by atoms with Crippen molar-refractivity contribution in [3.05, 3.63) is 71.5 Å². The van der Waals surface area contributed by atoms with Crippen LogP contribution < -0.4 is 5.32 Å². The maximum absolute atomic E-state index is 12.1. The quantitative estimate of drug-likeness (QED) is 0.596. The van der Waals surface area contributed by atoms with Gasteiger partial charge in [0.1, 0.15) is 0 Å². The van der Waals surface area contributed by atoms with Gasteiger partial charge < -0.3 is 9.88 Å². The largest absolute Gasteiger partial charge is 0.329 e. The molecule has 0 spiro atoms. The van der Waals surface area contributed by atoms with E-state index >= 15 is 0 Å². The lowest BCUT2D eigenvalue weighted by Gasteiger charge is -2.07. The number of carbonyl (C=O) groups is 1. The van der Waals surface area contributed by atoms with Crippen molar-refractivity contribution >= 4 is 46.7 Å². The van der Waals surface area contributed by atoms with E-state index in [0.29, 0.717) is 5.75 Å². The molecular weight excluding hydrogens is 386 g/mol. The zero-order valence-corrected chi connectivity index (χ0v) is 16.6. The van der Waals surface area contributed by atoms with Gasteiger partial charge in [-0.15, -0.1) is 11.8 Å². The Morgan fingerprint density at radius 3 is 2.54 bits per heavy atom. The van der Waals surface area contributed by atoms with Crippen LogP contribution in [0, 0.1) is 0 Å². The first-order chi connectivity index (χ1) is 12.6. The first-order valence-corrected chi connectivity index (χ1v) is 10.3. The molecule has 3 aromatic rings. The number of nitrogens with zero attached hydrogens (tertiary/aromatic N) is 2. The molecule has 1 aromatic heterocycles. The van der Waals surface area contributed by atoms with Gasteiger partial charge in [0, 0.05) is 40.8 Å². The summed E-state index contributed by atoms with van der Waals surface area (Å²) in [7, 11) is 1.96. The summed E-state index contributed by atoms with van der Waals surface area (Å²) in [4.78, 5) is 17.4. The fourth-order valence-corrected chi connectivity index (χ4v) is 3.92. The standard InChI is InChI=1S/C19H18ClN3OS2/c1-23-11-10-21-19(23)26-17-8-6-16(7-9-17)22-18(24)13-25-12-14-2-4-15(20)5-3-14/h2-11H,12-13H2,1H3,(H,22,24). The van der Waals surface area contributed by atoms with Crippen molar-refractivity contribution in [1.82, 2.24) is 9.55 Å². The molecule has 0 aliphatic heterocycles. The number of rotatable bonds is 7. The molecule has 0 aliphatic rings. The molecule has 1 amide bonds. The van der Waals surface area contributed by atoms with Gasteiger partial charge in [-0.05, 0) is 42.0 Å². The monoisotopic (exact) mass is 403 g/mol. The lowest BCUT2D eigenvalue weighted by Crippen LogP contribution is -2.14. The zero-order chi connectivity index (χ0) is 18.4.